The highest BCUT2D eigenvalue weighted by atomic mass is 32.1. The molecule has 0 radical (unpaired) electrons. The van der Waals surface area contributed by atoms with Crippen LogP contribution in [0.3, 0.4) is 0 Å². The number of carbonyl (C=O) groups is 1. The molecule has 1 aliphatic rings. The predicted octanol–water partition coefficient (Wildman–Crippen LogP) is 0.470. The van der Waals surface area contributed by atoms with Crippen molar-refractivity contribution >= 4 is 30.3 Å². The molecule has 0 saturated heterocycles. The number of rotatable bonds is 1. The molecule has 6 nitrogen and oxygen atoms in total. The highest BCUT2D eigenvalue weighted by Crippen LogP contribution is 2.14. The Morgan fingerprint density at radius 2 is 2.05 bits per heavy atom. The van der Waals surface area contributed by atoms with Gasteiger partial charge < -0.3 is 10.1 Å². The molecule has 0 aliphatic carbocycles. The topological polar surface area (TPSA) is 98.3 Å². The Bertz CT molecular complexity index is 1060. The van der Waals surface area contributed by atoms with Crippen LogP contribution in [0.5, 0.6) is 5.88 Å². The van der Waals surface area contributed by atoms with E-state index in [0.29, 0.717) is 5.36 Å². The molecule has 22 heavy (non-hydrogen) atoms. The summed E-state index contributed by atoms with van der Waals surface area (Å²) in [4.78, 5) is 32.6. The number of aryl methyl sites for hydroxylation is 1. The lowest BCUT2D eigenvalue weighted by atomic mass is 10.1. The van der Waals surface area contributed by atoms with E-state index in [1.54, 1.807) is 12.1 Å². The van der Waals surface area contributed by atoms with Crippen LogP contribution in [0.2, 0.25) is 0 Å². The summed E-state index contributed by atoms with van der Waals surface area (Å²) in [6.45, 7) is 1.93. The molecule has 0 spiro atoms. The number of nitrogens with zero attached hydrogens (tertiary/aromatic N) is 1. The molecule has 0 saturated carbocycles. The first-order chi connectivity index (χ1) is 10.4. The Hall–Kier alpha value is -2.80. The van der Waals surface area contributed by atoms with E-state index in [2.05, 4.69) is 15.0 Å². The lowest BCUT2D eigenvalue weighted by Crippen LogP contribution is -2.30. The molecule has 0 fully saturated rings. The quantitative estimate of drug-likeness (QED) is 0.526. The number of aromatic hydroxyl groups is 1. The Labute approximate surface area is 129 Å². The molecule has 0 unspecified atom stereocenters. The maximum atomic E-state index is 12.0. The number of amides is 1. The summed E-state index contributed by atoms with van der Waals surface area (Å²) in [7, 11) is 0. The van der Waals surface area contributed by atoms with Crippen molar-refractivity contribution in [3.8, 4) is 5.88 Å². The summed E-state index contributed by atoms with van der Waals surface area (Å²) in [5, 5.41) is 11.2. The molecule has 2 heterocycles. The number of nitrogens with one attached hydrogen (secondary N) is 2. The van der Waals surface area contributed by atoms with Gasteiger partial charge in [0.25, 0.3) is 11.5 Å². The van der Waals surface area contributed by atoms with Crippen LogP contribution in [-0.2, 0) is 4.79 Å². The van der Waals surface area contributed by atoms with Crippen LogP contribution in [0.25, 0.3) is 12.2 Å². The van der Waals surface area contributed by atoms with E-state index in [9.17, 15) is 14.7 Å². The van der Waals surface area contributed by atoms with Gasteiger partial charge in [-0.05, 0) is 43.4 Å². The van der Waals surface area contributed by atoms with Gasteiger partial charge in [-0.2, -0.15) is 0 Å². The number of hydrogen-bond donors (Lipinski definition) is 3. The van der Waals surface area contributed by atoms with Crippen molar-refractivity contribution in [1.29, 1.82) is 0 Å². The Morgan fingerprint density at radius 3 is 2.77 bits per heavy atom. The molecule has 1 aromatic heterocycles. The van der Waals surface area contributed by atoms with Crippen molar-refractivity contribution in [1.82, 2.24) is 9.97 Å². The molecule has 1 aromatic carbocycles. The summed E-state index contributed by atoms with van der Waals surface area (Å²) in [6, 6.07) is 5.52. The minimum Gasteiger partial charge on any atom is -0.494 e. The molecule has 0 bridgehead atoms. The fourth-order valence-corrected chi connectivity index (χ4v) is 2.36. The molecule has 3 rings (SSSR count). The molecular weight excluding hydrogens is 302 g/mol. The monoisotopic (exact) mass is 313 g/mol. The molecule has 1 aliphatic heterocycles. The SMILES string of the molecule is Cc1ccc2c(c1)=CC(=Cc1c(O)[nH]c(=S)[nH]c1=O)C(=O)N=2. The molecule has 110 valence electrons. The van der Waals surface area contributed by atoms with Crippen LogP contribution in [0, 0.1) is 11.7 Å². The number of carbonyl (C=O) groups excluding carboxylic acids is 1. The Balaban J connectivity index is 2.23. The van der Waals surface area contributed by atoms with E-state index in [4.69, 9.17) is 12.2 Å². The minimum absolute atomic E-state index is 0.00857. The van der Waals surface area contributed by atoms with Gasteiger partial charge in [-0.3, -0.25) is 14.6 Å². The number of aromatic amines is 2. The molecule has 0 atom stereocenters. The highest BCUT2D eigenvalue weighted by Gasteiger charge is 2.13. The highest BCUT2D eigenvalue weighted by molar-refractivity contribution is 7.71. The van der Waals surface area contributed by atoms with Crippen LogP contribution in [0.15, 0.2) is 33.6 Å². The van der Waals surface area contributed by atoms with Gasteiger partial charge in [-0.1, -0.05) is 11.6 Å². The summed E-state index contributed by atoms with van der Waals surface area (Å²) in [6.07, 6.45) is 2.93. The van der Waals surface area contributed by atoms with Gasteiger partial charge in [-0.25, -0.2) is 4.99 Å². The van der Waals surface area contributed by atoms with Crippen LogP contribution in [0.4, 0.5) is 0 Å². The van der Waals surface area contributed by atoms with E-state index in [0.717, 1.165) is 10.8 Å². The van der Waals surface area contributed by atoms with Crippen molar-refractivity contribution in [3.63, 3.8) is 0 Å². The van der Waals surface area contributed by atoms with Crippen LogP contribution < -0.4 is 16.1 Å². The Kier molecular flexibility index (Phi) is 3.34. The summed E-state index contributed by atoms with van der Waals surface area (Å²) >= 11 is 4.76. The largest absolute Gasteiger partial charge is 0.494 e. The number of hydrogen-bond acceptors (Lipinski definition) is 4. The van der Waals surface area contributed by atoms with E-state index in [-0.39, 0.29) is 15.9 Å². The summed E-state index contributed by atoms with van der Waals surface area (Å²) in [5.41, 5.74) is 0.595. The number of fused-ring (bicyclic) bond motifs is 1. The van der Waals surface area contributed by atoms with Crippen LogP contribution in [-0.4, -0.2) is 21.0 Å². The first kappa shape index (κ1) is 14.2. The van der Waals surface area contributed by atoms with Crippen LogP contribution >= 0.6 is 12.2 Å². The molecule has 7 heteroatoms. The fourth-order valence-electron chi connectivity index (χ4n) is 2.17. The minimum atomic E-state index is -0.579. The van der Waals surface area contributed by atoms with Gasteiger partial charge in [0.1, 0.15) is 5.56 Å². The van der Waals surface area contributed by atoms with Crippen molar-refractivity contribution in [2.24, 2.45) is 4.99 Å². The Morgan fingerprint density at radius 1 is 1.27 bits per heavy atom. The third-order valence-electron chi connectivity index (χ3n) is 3.22. The second-order valence-corrected chi connectivity index (χ2v) is 5.30. The van der Waals surface area contributed by atoms with Gasteiger partial charge in [0.15, 0.2) is 4.77 Å². The standard InChI is InChI=1S/C15H11N3O3S/c1-7-2-3-11-8(4-7)5-9(12(19)16-11)6-10-13(20)17-15(22)18-14(10)21/h2-6H,1H3,(H3,17,18,20,21,22). The van der Waals surface area contributed by atoms with E-state index >= 15 is 0 Å². The molecule has 1 amide bonds. The average Bonchev–Trinajstić information content (AvgIpc) is 2.43. The maximum absolute atomic E-state index is 12.0. The van der Waals surface area contributed by atoms with Gasteiger partial charge in [0, 0.05) is 10.8 Å². The number of H-pyrrole nitrogens is 2. The van der Waals surface area contributed by atoms with Crippen molar-refractivity contribution in [2.75, 3.05) is 0 Å². The van der Waals surface area contributed by atoms with Gasteiger partial charge in [0.05, 0.1) is 5.36 Å². The first-order valence-corrected chi connectivity index (χ1v) is 6.83. The fraction of sp³-hybridized carbons (Fsp3) is 0.0667. The number of aromatic nitrogens is 2. The zero-order valence-electron chi connectivity index (χ0n) is 11.5. The lowest BCUT2D eigenvalue weighted by molar-refractivity contribution is -0.114. The molecule has 3 N–H and O–H groups in total. The summed E-state index contributed by atoms with van der Waals surface area (Å²) in [5.74, 6) is -0.866. The smallest absolute Gasteiger partial charge is 0.277 e. The maximum Gasteiger partial charge on any atom is 0.277 e. The lowest BCUT2D eigenvalue weighted by Gasteiger charge is -2.05. The third-order valence-corrected chi connectivity index (χ3v) is 3.43. The second kappa shape index (κ2) is 5.19. The van der Waals surface area contributed by atoms with Crippen molar-refractivity contribution < 1.29 is 9.90 Å². The van der Waals surface area contributed by atoms with Gasteiger partial charge in [0.2, 0.25) is 5.88 Å². The normalized spacial score (nSPS) is 15.1. The van der Waals surface area contributed by atoms with Gasteiger partial charge >= 0.3 is 0 Å². The van der Waals surface area contributed by atoms with Gasteiger partial charge in [-0.15, -0.1) is 0 Å². The zero-order chi connectivity index (χ0) is 15.9. The van der Waals surface area contributed by atoms with Crippen LogP contribution in [0.1, 0.15) is 11.1 Å². The second-order valence-electron chi connectivity index (χ2n) is 4.89. The first-order valence-electron chi connectivity index (χ1n) is 6.43. The predicted molar refractivity (Wildman–Crippen MR) is 83.3 cm³/mol. The molecular formula is C15H11N3O3S. The van der Waals surface area contributed by atoms with E-state index in [1.165, 1.54) is 6.08 Å². The van der Waals surface area contributed by atoms with Crippen molar-refractivity contribution in [2.45, 2.75) is 6.92 Å². The van der Waals surface area contributed by atoms with E-state index < -0.39 is 17.3 Å². The van der Waals surface area contributed by atoms with E-state index in [1.807, 2.05) is 19.1 Å². The average molecular weight is 313 g/mol. The zero-order valence-corrected chi connectivity index (χ0v) is 12.3. The number of benzene rings is 1. The van der Waals surface area contributed by atoms with Crippen molar-refractivity contribution in [3.05, 3.63) is 60.6 Å². The third kappa shape index (κ3) is 2.53. The summed E-state index contributed by atoms with van der Waals surface area (Å²) < 4.78 is 0.00857. The molecule has 2 aromatic rings.